The number of rotatable bonds is 5. The van der Waals surface area contributed by atoms with Gasteiger partial charge in [-0.2, -0.15) is 4.98 Å². The summed E-state index contributed by atoms with van der Waals surface area (Å²) in [4.78, 5) is 24.7. The highest BCUT2D eigenvalue weighted by molar-refractivity contribution is 5.92. The molecule has 2 fully saturated rings. The summed E-state index contributed by atoms with van der Waals surface area (Å²) in [6.45, 7) is 1.15. The van der Waals surface area contributed by atoms with Crippen molar-refractivity contribution in [3.05, 3.63) is 29.9 Å². The summed E-state index contributed by atoms with van der Waals surface area (Å²) in [5.74, 6) is 2.38. The largest absolute Gasteiger partial charge is 0.471 e. The maximum Gasteiger partial charge on any atom is 0.276 e. The monoisotopic (exact) mass is 343 g/mol. The molecule has 0 radical (unpaired) electrons. The highest BCUT2D eigenvalue weighted by Gasteiger charge is 2.33. The van der Waals surface area contributed by atoms with E-state index in [1.54, 1.807) is 23.4 Å². The lowest BCUT2D eigenvalue weighted by molar-refractivity contribution is 0.0760. The van der Waals surface area contributed by atoms with Crippen molar-refractivity contribution in [1.29, 1.82) is 0 Å². The van der Waals surface area contributed by atoms with E-state index in [0.717, 1.165) is 30.8 Å². The summed E-state index contributed by atoms with van der Waals surface area (Å²) in [6, 6.07) is 1.78. The molecule has 3 heterocycles. The van der Waals surface area contributed by atoms with Crippen LogP contribution in [0.5, 0.6) is 5.88 Å². The molecular formula is C17H21N5O3. The smallest absolute Gasteiger partial charge is 0.276 e. The molecule has 8 nitrogen and oxygen atoms in total. The third-order valence-corrected chi connectivity index (χ3v) is 4.50. The summed E-state index contributed by atoms with van der Waals surface area (Å²) in [6.07, 6.45) is 6.18. The second kappa shape index (κ2) is 6.34. The van der Waals surface area contributed by atoms with Crippen LogP contribution in [0.4, 0.5) is 5.82 Å². The highest BCUT2D eigenvalue weighted by atomic mass is 16.5. The number of hydrogen-bond donors (Lipinski definition) is 0. The zero-order valence-corrected chi connectivity index (χ0v) is 14.4. The van der Waals surface area contributed by atoms with E-state index in [0.29, 0.717) is 30.6 Å². The fourth-order valence-corrected chi connectivity index (χ4v) is 2.90. The molecular weight excluding hydrogens is 322 g/mol. The van der Waals surface area contributed by atoms with Crippen LogP contribution in [0.3, 0.4) is 0 Å². The van der Waals surface area contributed by atoms with Gasteiger partial charge >= 0.3 is 0 Å². The molecule has 4 rings (SSSR count). The Bertz CT molecular complexity index is 771. The van der Waals surface area contributed by atoms with Crippen LogP contribution in [0.1, 0.15) is 41.4 Å². The van der Waals surface area contributed by atoms with Gasteiger partial charge in [0.15, 0.2) is 11.5 Å². The van der Waals surface area contributed by atoms with Crippen molar-refractivity contribution in [2.75, 3.05) is 32.1 Å². The average Bonchev–Trinajstić information content (AvgIpc) is 3.16. The topological polar surface area (TPSA) is 84.6 Å². The maximum absolute atomic E-state index is 12.6. The van der Waals surface area contributed by atoms with Crippen LogP contribution in [-0.4, -0.2) is 59.2 Å². The lowest BCUT2D eigenvalue weighted by atomic mass is 10.2. The Balaban J connectivity index is 1.37. The quantitative estimate of drug-likeness (QED) is 0.817. The Labute approximate surface area is 145 Å². The third kappa shape index (κ3) is 3.42. The van der Waals surface area contributed by atoms with Crippen molar-refractivity contribution in [3.8, 4) is 5.88 Å². The van der Waals surface area contributed by atoms with Crippen molar-refractivity contribution in [2.45, 2.75) is 31.3 Å². The van der Waals surface area contributed by atoms with Gasteiger partial charge in [-0.15, -0.1) is 0 Å². The average molecular weight is 343 g/mol. The van der Waals surface area contributed by atoms with Crippen molar-refractivity contribution in [1.82, 2.24) is 20.0 Å². The number of carbonyl (C=O) groups excluding carboxylic acids is 1. The molecule has 1 atom stereocenters. The Hall–Kier alpha value is -2.64. The van der Waals surface area contributed by atoms with Gasteiger partial charge in [0.2, 0.25) is 5.88 Å². The SMILES string of the molecule is CN(C)c1cncc(O[C@@H]2CCN(C(=O)c3cc(C4CC4)on3)C2)n1. The number of anilines is 1. The van der Waals surface area contributed by atoms with E-state index in [4.69, 9.17) is 9.26 Å². The minimum Gasteiger partial charge on any atom is -0.471 e. The number of ether oxygens (including phenoxy) is 1. The van der Waals surface area contributed by atoms with Gasteiger partial charge in [0.05, 0.1) is 18.9 Å². The summed E-state index contributed by atoms with van der Waals surface area (Å²) in [5.41, 5.74) is 0.386. The van der Waals surface area contributed by atoms with Gasteiger partial charge in [0.25, 0.3) is 5.91 Å². The molecule has 1 amide bonds. The number of likely N-dealkylation sites (tertiary alicyclic amines) is 1. The maximum atomic E-state index is 12.6. The Morgan fingerprint density at radius 1 is 1.32 bits per heavy atom. The molecule has 0 bridgehead atoms. The first kappa shape index (κ1) is 15.9. The van der Waals surface area contributed by atoms with Crippen LogP contribution in [0, 0.1) is 0 Å². The second-order valence-electron chi connectivity index (χ2n) is 6.78. The van der Waals surface area contributed by atoms with Crippen molar-refractivity contribution >= 4 is 11.7 Å². The molecule has 2 aromatic heterocycles. The Morgan fingerprint density at radius 3 is 2.92 bits per heavy atom. The van der Waals surface area contributed by atoms with E-state index < -0.39 is 0 Å². The predicted molar refractivity (Wildman–Crippen MR) is 89.8 cm³/mol. The van der Waals surface area contributed by atoms with E-state index in [-0.39, 0.29) is 12.0 Å². The minimum atomic E-state index is -0.102. The summed E-state index contributed by atoms with van der Waals surface area (Å²) in [5, 5.41) is 3.93. The zero-order chi connectivity index (χ0) is 17.4. The molecule has 132 valence electrons. The molecule has 0 unspecified atom stereocenters. The van der Waals surface area contributed by atoms with Crippen molar-refractivity contribution < 1.29 is 14.1 Å². The number of hydrogen-bond acceptors (Lipinski definition) is 7. The van der Waals surface area contributed by atoms with Crippen LogP contribution >= 0.6 is 0 Å². The number of amides is 1. The van der Waals surface area contributed by atoms with Gasteiger partial charge in [-0.05, 0) is 12.8 Å². The second-order valence-corrected chi connectivity index (χ2v) is 6.78. The van der Waals surface area contributed by atoms with Crippen LogP contribution < -0.4 is 9.64 Å². The molecule has 0 N–H and O–H groups in total. The highest BCUT2D eigenvalue weighted by Crippen LogP contribution is 2.40. The van der Waals surface area contributed by atoms with E-state index >= 15 is 0 Å². The molecule has 1 saturated heterocycles. The molecule has 25 heavy (non-hydrogen) atoms. The van der Waals surface area contributed by atoms with Gasteiger partial charge in [0, 0.05) is 39.0 Å². The van der Waals surface area contributed by atoms with Gasteiger partial charge in [-0.25, -0.2) is 0 Å². The van der Waals surface area contributed by atoms with Gasteiger partial charge in [-0.3, -0.25) is 9.78 Å². The summed E-state index contributed by atoms with van der Waals surface area (Å²) < 4.78 is 11.2. The molecule has 1 aliphatic carbocycles. The third-order valence-electron chi connectivity index (χ3n) is 4.50. The molecule has 0 aromatic carbocycles. The predicted octanol–water partition coefficient (Wildman–Crippen LogP) is 1.70. The van der Waals surface area contributed by atoms with Gasteiger partial charge in [-0.1, -0.05) is 5.16 Å². The molecule has 1 saturated carbocycles. The number of nitrogens with zero attached hydrogens (tertiary/aromatic N) is 5. The van der Waals surface area contributed by atoms with Crippen molar-refractivity contribution in [3.63, 3.8) is 0 Å². The number of aromatic nitrogens is 3. The van der Waals surface area contributed by atoms with Crippen LogP contribution in [0.2, 0.25) is 0 Å². The minimum absolute atomic E-state index is 0.0922. The normalized spacial score (nSPS) is 19.9. The van der Waals surface area contributed by atoms with Crippen LogP contribution in [-0.2, 0) is 0 Å². The lowest BCUT2D eigenvalue weighted by Crippen LogP contribution is -2.31. The van der Waals surface area contributed by atoms with E-state index in [1.807, 2.05) is 19.0 Å². The first-order valence-corrected chi connectivity index (χ1v) is 8.52. The standard InChI is InChI=1S/C17H21N5O3/c1-21(2)15-8-18-9-16(19-15)24-12-5-6-22(10-12)17(23)13-7-14(25-20-13)11-3-4-11/h7-9,11-12H,3-6,10H2,1-2H3/t12-/m1/s1. The molecule has 8 heteroatoms. The van der Waals surface area contributed by atoms with Crippen LogP contribution in [0.25, 0.3) is 0 Å². The molecule has 2 aromatic rings. The Morgan fingerprint density at radius 2 is 2.16 bits per heavy atom. The first-order valence-electron chi connectivity index (χ1n) is 8.52. The Kier molecular flexibility index (Phi) is 4.03. The molecule has 1 aliphatic heterocycles. The molecule has 0 spiro atoms. The van der Waals surface area contributed by atoms with Crippen LogP contribution in [0.15, 0.2) is 23.0 Å². The number of carbonyl (C=O) groups is 1. The zero-order valence-electron chi connectivity index (χ0n) is 14.4. The van der Waals surface area contributed by atoms with Gasteiger partial charge < -0.3 is 19.1 Å². The van der Waals surface area contributed by atoms with Crippen molar-refractivity contribution in [2.24, 2.45) is 0 Å². The fraction of sp³-hybridized carbons (Fsp3) is 0.529. The van der Waals surface area contributed by atoms with E-state index in [2.05, 4.69) is 15.1 Å². The molecule has 2 aliphatic rings. The fourth-order valence-electron chi connectivity index (χ4n) is 2.90. The van der Waals surface area contributed by atoms with E-state index in [1.165, 1.54) is 0 Å². The van der Waals surface area contributed by atoms with E-state index in [9.17, 15) is 4.79 Å². The van der Waals surface area contributed by atoms with Gasteiger partial charge in [0.1, 0.15) is 11.9 Å². The first-order chi connectivity index (χ1) is 12.1. The lowest BCUT2D eigenvalue weighted by Gasteiger charge is -2.16. The summed E-state index contributed by atoms with van der Waals surface area (Å²) in [7, 11) is 3.80. The summed E-state index contributed by atoms with van der Waals surface area (Å²) >= 11 is 0.